The van der Waals surface area contributed by atoms with Gasteiger partial charge < -0.3 is 16.4 Å². The molecule has 0 saturated carbocycles. The lowest BCUT2D eigenvalue weighted by molar-refractivity contribution is 0.433. The van der Waals surface area contributed by atoms with Crippen LogP contribution in [0.3, 0.4) is 0 Å². The van der Waals surface area contributed by atoms with Crippen LogP contribution in [0.1, 0.15) is 20.8 Å². The maximum absolute atomic E-state index is 5.73. The molecule has 0 fully saturated rings. The summed E-state index contributed by atoms with van der Waals surface area (Å²) in [6, 6.07) is 5.59. The van der Waals surface area contributed by atoms with E-state index in [9.17, 15) is 0 Å². The van der Waals surface area contributed by atoms with Crippen molar-refractivity contribution in [2.75, 3.05) is 18.4 Å². The summed E-state index contributed by atoms with van der Waals surface area (Å²) in [7, 11) is 0. The average Bonchev–Trinajstić information content (AvgIpc) is 2.25. The molecule has 1 heterocycles. The summed E-state index contributed by atoms with van der Waals surface area (Å²) >= 11 is 0. The van der Waals surface area contributed by atoms with E-state index in [4.69, 9.17) is 5.73 Å². The molecule has 0 bridgehead atoms. The quantitative estimate of drug-likeness (QED) is 0.416. The molecule has 94 valence electrons. The van der Waals surface area contributed by atoms with Crippen LogP contribution in [0.25, 0.3) is 0 Å². The number of guanidine groups is 1. The molecule has 1 rings (SSSR count). The van der Waals surface area contributed by atoms with E-state index in [0.717, 1.165) is 6.54 Å². The van der Waals surface area contributed by atoms with E-state index in [-0.39, 0.29) is 5.54 Å². The molecule has 0 aliphatic rings. The first-order valence-corrected chi connectivity index (χ1v) is 5.70. The lowest BCUT2D eigenvalue weighted by atomic mass is 10.1. The molecule has 0 radical (unpaired) electrons. The Kier molecular flexibility index (Phi) is 4.90. The largest absolute Gasteiger partial charge is 0.370 e. The highest BCUT2D eigenvalue weighted by Crippen LogP contribution is 1.99. The number of hydrogen-bond donors (Lipinski definition) is 3. The minimum Gasteiger partial charge on any atom is -0.370 e. The van der Waals surface area contributed by atoms with Crippen molar-refractivity contribution < 1.29 is 0 Å². The topological polar surface area (TPSA) is 75.3 Å². The van der Waals surface area contributed by atoms with Crippen LogP contribution < -0.4 is 16.4 Å². The van der Waals surface area contributed by atoms with Crippen molar-refractivity contribution in [3.05, 3.63) is 24.4 Å². The van der Waals surface area contributed by atoms with Gasteiger partial charge in [0.05, 0.1) is 6.54 Å². The first kappa shape index (κ1) is 13.4. The lowest BCUT2D eigenvalue weighted by Crippen LogP contribution is -2.37. The zero-order chi connectivity index (χ0) is 12.7. The van der Waals surface area contributed by atoms with Crippen molar-refractivity contribution in [1.82, 2.24) is 10.3 Å². The molecule has 0 aliphatic carbocycles. The van der Waals surface area contributed by atoms with Gasteiger partial charge in [0.2, 0.25) is 0 Å². The van der Waals surface area contributed by atoms with Crippen molar-refractivity contribution >= 4 is 11.8 Å². The smallest absolute Gasteiger partial charge is 0.194 e. The number of nitrogens with one attached hydrogen (secondary N) is 2. The number of nitrogens with zero attached hydrogens (tertiary/aromatic N) is 2. The van der Waals surface area contributed by atoms with Crippen molar-refractivity contribution in [1.29, 1.82) is 0 Å². The molecule has 1 aromatic heterocycles. The van der Waals surface area contributed by atoms with Gasteiger partial charge in [-0.2, -0.15) is 0 Å². The van der Waals surface area contributed by atoms with Gasteiger partial charge >= 0.3 is 0 Å². The molecule has 17 heavy (non-hydrogen) atoms. The third kappa shape index (κ3) is 6.52. The maximum atomic E-state index is 5.73. The molecule has 0 aromatic carbocycles. The van der Waals surface area contributed by atoms with Gasteiger partial charge in [0.15, 0.2) is 5.96 Å². The van der Waals surface area contributed by atoms with Gasteiger partial charge in [0, 0.05) is 18.3 Å². The average molecular weight is 235 g/mol. The number of aliphatic imine (C=N–C) groups is 1. The molecule has 1 aromatic rings. The number of aromatic nitrogens is 1. The number of hydrogen-bond acceptors (Lipinski definition) is 3. The third-order valence-electron chi connectivity index (χ3n) is 1.97. The second-order valence-corrected chi connectivity index (χ2v) is 4.78. The van der Waals surface area contributed by atoms with Crippen LogP contribution in [0.15, 0.2) is 29.4 Å². The summed E-state index contributed by atoms with van der Waals surface area (Å²) in [5.74, 6) is 1.09. The minimum absolute atomic E-state index is 0.110. The van der Waals surface area contributed by atoms with E-state index in [2.05, 4.69) is 41.4 Å². The number of anilines is 1. The van der Waals surface area contributed by atoms with Crippen LogP contribution >= 0.6 is 0 Å². The van der Waals surface area contributed by atoms with E-state index in [1.807, 2.05) is 18.2 Å². The van der Waals surface area contributed by atoms with Gasteiger partial charge in [0.1, 0.15) is 5.82 Å². The Bertz CT molecular complexity index is 353. The fourth-order valence-corrected chi connectivity index (χ4v) is 1.21. The zero-order valence-corrected chi connectivity index (χ0v) is 10.7. The molecular weight excluding hydrogens is 214 g/mol. The highest BCUT2D eigenvalue weighted by molar-refractivity contribution is 5.91. The molecule has 0 unspecified atom stereocenters. The molecule has 5 heteroatoms. The number of pyridine rings is 1. The molecule has 0 amide bonds. The predicted octanol–water partition coefficient (Wildman–Crippen LogP) is 1.20. The van der Waals surface area contributed by atoms with Crippen molar-refractivity contribution in [3.63, 3.8) is 0 Å². The normalized spacial score (nSPS) is 12.5. The Morgan fingerprint density at radius 2 is 2.18 bits per heavy atom. The standard InChI is InChI=1S/C12H21N5/c1-12(2,3)16-9-8-15-11(13)17-10-6-4-5-7-14-10/h4-7,16H,8-9H2,1-3H3,(H3,13,14,15,17). The molecule has 0 spiro atoms. The van der Waals surface area contributed by atoms with E-state index in [1.54, 1.807) is 6.20 Å². The van der Waals surface area contributed by atoms with Crippen LogP contribution in [0.2, 0.25) is 0 Å². The van der Waals surface area contributed by atoms with E-state index >= 15 is 0 Å². The molecule has 0 atom stereocenters. The van der Waals surface area contributed by atoms with Crippen LogP contribution in [-0.4, -0.2) is 29.6 Å². The van der Waals surface area contributed by atoms with Crippen molar-refractivity contribution in [3.8, 4) is 0 Å². The Labute approximate surface area is 103 Å². The van der Waals surface area contributed by atoms with Crippen LogP contribution in [-0.2, 0) is 0 Å². The van der Waals surface area contributed by atoms with Gasteiger partial charge in [-0.15, -0.1) is 0 Å². The van der Waals surface area contributed by atoms with Crippen LogP contribution in [0.5, 0.6) is 0 Å². The summed E-state index contributed by atoms with van der Waals surface area (Å²) < 4.78 is 0. The molecule has 4 N–H and O–H groups in total. The fourth-order valence-electron chi connectivity index (χ4n) is 1.21. The highest BCUT2D eigenvalue weighted by Gasteiger charge is 2.06. The summed E-state index contributed by atoms with van der Waals surface area (Å²) in [4.78, 5) is 8.30. The molecule has 0 aliphatic heterocycles. The molecule has 0 saturated heterocycles. The Hall–Kier alpha value is -1.62. The predicted molar refractivity (Wildman–Crippen MR) is 72.1 cm³/mol. The summed E-state index contributed by atoms with van der Waals surface area (Å²) in [6.07, 6.45) is 1.71. The van der Waals surface area contributed by atoms with Gasteiger partial charge in [0.25, 0.3) is 0 Å². The second kappa shape index (κ2) is 6.20. The first-order valence-electron chi connectivity index (χ1n) is 5.70. The minimum atomic E-state index is 0.110. The van der Waals surface area contributed by atoms with Gasteiger partial charge in [-0.3, -0.25) is 4.99 Å². The third-order valence-corrected chi connectivity index (χ3v) is 1.97. The second-order valence-electron chi connectivity index (χ2n) is 4.78. The van der Waals surface area contributed by atoms with Gasteiger partial charge in [-0.05, 0) is 32.9 Å². The summed E-state index contributed by atoms with van der Waals surface area (Å²) in [6.45, 7) is 7.79. The molecule has 5 nitrogen and oxygen atoms in total. The Morgan fingerprint density at radius 3 is 2.76 bits per heavy atom. The Morgan fingerprint density at radius 1 is 1.41 bits per heavy atom. The van der Waals surface area contributed by atoms with Crippen molar-refractivity contribution in [2.24, 2.45) is 10.7 Å². The Balaban J connectivity index is 2.31. The van der Waals surface area contributed by atoms with E-state index in [0.29, 0.717) is 18.3 Å². The SMILES string of the molecule is CC(C)(C)NCCN=C(N)Nc1ccccn1. The van der Waals surface area contributed by atoms with Crippen LogP contribution in [0, 0.1) is 0 Å². The highest BCUT2D eigenvalue weighted by atomic mass is 15.1. The summed E-state index contributed by atoms with van der Waals surface area (Å²) in [5, 5.41) is 6.26. The fraction of sp³-hybridized carbons (Fsp3) is 0.500. The van der Waals surface area contributed by atoms with Gasteiger partial charge in [-0.1, -0.05) is 6.07 Å². The number of nitrogens with two attached hydrogens (primary N) is 1. The lowest BCUT2D eigenvalue weighted by Gasteiger charge is -2.19. The monoisotopic (exact) mass is 235 g/mol. The maximum Gasteiger partial charge on any atom is 0.194 e. The van der Waals surface area contributed by atoms with E-state index < -0.39 is 0 Å². The van der Waals surface area contributed by atoms with E-state index in [1.165, 1.54) is 0 Å². The molecular formula is C12H21N5. The van der Waals surface area contributed by atoms with Crippen LogP contribution in [0.4, 0.5) is 5.82 Å². The first-order chi connectivity index (χ1) is 7.97. The zero-order valence-electron chi connectivity index (χ0n) is 10.7. The van der Waals surface area contributed by atoms with Crippen molar-refractivity contribution in [2.45, 2.75) is 26.3 Å². The number of rotatable bonds is 4. The summed E-state index contributed by atoms with van der Waals surface area (Å²) in [5.41, 5.74) is 5.84. The van der Waals surface area contributed by atoms with Gasteiger partial charge in [-0.25, -0.2) is 4.98 Å².